The van der Waals surface area contributed by atoms with Crippen LogP contribution in [0.4, 0.5) is 15.1 Å². The Hall–Kier alpha value is -1.73. The number of hydrogen-bond acceptors (Lipinski definition) is 5. The smallest absolute Gasteiger partial charge is 0.162 e. The summed E-state index contributed by atoms with van der Waals surface area (Å²) >= 11 is 11.6. The maximum atomic E-state index is 13.1. The van der Waals surface area contributed by atoms with Gasteiger partial charge in [0.05, 0.1) is 11.3 Å². The van der Waals surface area contributed by atoms with Gasteiger partial charge in [0.15, 0.2) is 5.00 Å². The van der Waals surface area contributed by atoms with E-state index in [-0.39, 0.29) is 5.82 Å². The minimum absolute atomic E-state index is 0.325. The van der Waals surface area contributed by atoms with E-state index in [0.29, 0.717) is 27.0 Å². The summed E-state index contributed by atoms with van der Waals surface area (Å²) in [5.74, 6) is -0.325. The SMILES string of the molecule is Cc1nc(/C(C#N)=C/c2ccc(F)cc2)sc1N=Nc1c(Br)cc(Br)cc1Br. The van der Waals surface area contributed by atoms with E-state index in [1.165, 1.54) is 23.5 Å². The van der Waals surface area contributed by atoms with E-state index in [9.17, 15) is 9.65 Å². The lowest BCUT2D eigenvalue weighted by atomic mass is 10.1. The number of rotatable bonds is 4. The van der Waals surface area contributed by atoms with Gasteiger partial charge in [-0.05, 0) is 74.7 Å². The van der Waals surface area contributed by atoms with E-state index in [1.54, 1.807) is 18.2 Å². The quantitative estimate of drug-likeness (QED) is 0.228. The summed E-state index contributed by atoms with van der Waals surface area (Å²) in [7, 11) is 0. The van der Waals surface area contributed by atoms with Gasteiger partial charge in [-0.15, -0.1) is 10.2 Å². The molecule has 0 spiro atoms. The Morgan fingerprint density at radius 1 is 1.14 bits per heavy atom. The molecule has 1 aromatic heterocycles. The van der Waals surface area contributed by atoms with Crippen molar-refractivity contribution in [3.05, 3.63) is 71.9 Å². The second-order valence-electron chi connectivity index (χ2n) is 5.55. The maximum absolute atomic E-state index is 13.1. The van der Waals surface area contributed by atoms with Gasteiger partial charge >= 0.3 is 0 Å². The highest BCUT2D eigenvalue weighted by molar-refractivity contribution is 9.11. The second-order valence-corrected chi connectivity index (χ2v) is 9.15. The molecular formula is C19H10Br3FN4S. The fourth-order valence-corrected chi connectivity index (χ4v) is 5.46. The number of thiazole rings is 1. The predicted molar refractivity (Wildman–Crippen MR) is 120 cm³/mol. The van der Waals surface area contributed by atoms with Crippen molar-refractivity contribution in [1.29, 1.82) is 5.26 Å². The molecule has 0 radical (unpaired) electrons. The molecule has 0 amide bonds. The average molecular weight is 585 g/mol. The van der Waals surface area contributed by atoms with Gasteiger partial charge in [0.25, 0.3) is 0 Å². The van der Waals surface area contributed by atoms with Crippen LogP contribution in [-0.4, -0.2) is 4.98 Å². The Balaban J connectivity index is 1.92. The van der Waals surface area contributed by atoms with Crippen LogP contribution in [0.15, 0.2) is 60.0 Å². The Morgan fingerprint density at radius 2 is 1.79 bits per heavy atom. The maximum Gasteiger partial charge on any atom is 0.162 e. The first kappa shape index (κ1) is 21.0. The Labute approximate surface area is 190 Å². The van der Waals surface area contributed by atoms with Crippen LogP contribution in [0, 0.1) is 24.1 Å². The Kier molecular flexibility index (Phi) is 6.88. The largest absolute Gasteiger partial charge is 0.238 e. The first-order chi connectivity index (χ1) is 13.4. The van der Waals surface area contributed by atoms with E-state index < -0.39 is 0 Å². The zero-order valence-electron chi connectivity index (χ0n) is 14.3. The number of halogens is 4. The molecule has 0 unspecified atom stereocenters. The summed E-state index contributed by atoms with van der Waals surface area (Å²) in [6.07, 6.45) is 1.67. The molecule has 140 valence electrons. The molecule has 0 saturated carbocycles. The van der Waals surface area contributed by atoms with Crippen molar-refractivity contribution in [2.75, 3.05) is 0 Å². The summed E-state index contributed by atoms with van der Waals surface area (Å²) in [4.78, 5) is 4.44. The van der Waals surface area contributed by atoms with Gasteiger partial charge in [-0.3, -0.25) is 0 Å². The summed E-state index contributed by atoms with van der Waals surface area (Å²) < 4.78 is 15.5. The Bertz CT molecular complexity index is 1110. The molecular weight excluding hydrogens is 575 g/mol. The molecule has 4 nitrogen and oxygen atoms in total. The molecule has 0 aliphatic rings. The third-order valence-corrected chi connectivity index (χ3v) is 6.27. The molecule has 0 bridgehead atoms. The molecule has 3 rings (SSSR count). The van der Waals surface area contributed by atoms with Crippen LogP contribution >= 0.6 is 59.1 Å². The molecule has 2 aromatic carbocycles. The lowest BCUT2D eigenvalue weighted by molar-refractivity contribution is 0.628. The number of allylic oxidation sites excluding steroid dienone is 1. The van der Waals surface area contributed by atoms with Crippen LogP contribution in [0.25, 0.3) is 11.6 Å². The van der Waals surface area contributed by atoms with Gasteiger partial charge in [0, 0.05) is 13.4 Å². The molecule has 0 aliphatic carbocycles. The number of aromatic nitrogens is 1. The number of hydrogen-bond donors (Lipinski definition) is 0. The fraction of sp³-hybridized carbons (Fsp3) is 0.0526. The summed E-state index contributed by atoms with van der Waals surface area (Å²) in [6.45, 7) is 1.81. The van der Waals surface area contributed by atoms with Crippen molar-refractivity contribution in [3.8, 4) is 6.07 Å². The van der Waals surface area contributed by atoms with Crippen LogP contribution in [0.5, 0.6) is 0 Å². The number of azo groups is 1. The normalized spacial score (nSPS) is 11.8. The van der Waals surface area contributed by atoms with Crippen molar-refractivity contribution in [2.24, 2.45) is 10.2 Å². The zero-order valence-corrected chi connectivity index (χ0v) is 19.8. The van der Waals surface area contributed by atoms with Gasteiger partial charge in [-0.2, -0.15) is 5.26 Å². The van der Waals surface area contributed by atoms with Gasteiger partial charge in [0.2, 0.25) is 0 Å². The second kappa shape index (κ2) is 9.18. The number of nitriles is 1. The minimum Gasteiger partial charge on any atom is -0.238 e. The monoisotopic (exact) mass is 582 g/mol. The van der Waals surface area contributed by atoms with Gasteiger partial charge in [-0.25, -0.2) is 9.37 Å². The van der Waals surface area contributed by atoms with Crippen molar-refractivity contribution in [1.82, 2.24) is 4.98 Å². The highest BCUT2D eigenvalue weighted by Gasteiger charge is 2.12. The topological polar surface area (TPSA) is 61.4 Å². The molecule has 0 aliphatic heterocycles. The highest BCUT2D eigenvalue weighted by atomic mass is 79.9. The van der Waals surface area contributed by atoms with Crippen molar-refractivity contribution >= 4 is 81.5 Å². The number of benzene rings is 2. The Morgan fingerprint density at radius 3 is 2.39 bits per heavy atom. The van der Waals surface area contributed by atoms with Crippen LogP contribution < -0.4 is 0 Å². The molecule has 9 heteroatoms. The van der Waals surface area contributed by atoms with Crippen LogP contribution in [0.2, 0.25) is 0 Å². The van der Waals surface area contributed by atoms with Gasteiger partial charge in [-0.1, -0.05) is 39.4 Å². The van der Waals surface area contributed by atoms with E-state index in [0.717, 1.165) is 19.0 Å². The molecule has 0 N–H and O–H groups in total. The van der Waals surface area contributed by atoms with Gasteiger partial charge in [0.1, 0.15) is 22.6 Å². The van der Waals surface area contributed by atoms with Crippen molar-refractivity contribution < 1.29 is 4.39 Å². The molecule has 0 saturated heterocycles. The number of nitrogens with zero attached hydrogens (tertiary/aromatic N) is 4. The fourth-order valence-electron chi connectivity index (χ4n) is 2.19. The molecule has 0 fully saturated rings. The average Bonchev–Trinajstić information content (AvgIpc) is 3.01. The van der Waals surface area contributed by atoms with Gasteiger partial charge < -0.3 is 0 Å². The first-order valence-electron chi connectivity index (χ1n) is 7.79. The summed E-state index contributed by atoms with van der Waals surface area (Å²) in [5.41, 5.74) is 2.43. The van der Waals surface area contributed by atoms with Crippen LogP contribution in [0.1, 0.15) is 16.3 Å². The first-order valence-corrected chi connectivity index (χ1v) is 11.0. The van der Waals surface area contributed by atoms with Crippen LogP contribution in [0.3, 0.4) is 0 Å². The van der Waals surface area contributed by atoms with Crippen LogP contribution in [-0.2, 0) is 0 Å². The molecule has 28 heavy (non-hydrogen) atoms. The van der Waals surface area contributed by atoms with E-state index in [2.05, 4.69) is 69.1 Å². The molecule has 0 atom stereocenters. The lowest BCUT2D eigenvalue weighted by Crippen LogP contribution is -1.82. The van der Waals surface area contributed by atoms with E-state index in [4.69, 9.17) is 0 Å². The lowest BCUT2D eigenvalue weighted by Gasteiger charge is -2.01. The predicted octanol–water partition coefficient (Wildman–Crippen LogP) is 8.36. The molecule has 1 heterocycles. The van der Waals surface area contributed by atoms with E-state index >= 15 is 0 Å². The summed E-state index contributed by atoms with van der Waals surface area (Å²) in [6, 6.07) is 11.8. The van der Waals surface area contributed by atoms with E-state index in [1.807, 2.05) is 19.1 Å². The standard InChI is InChI=1S/C19H10Br3FN4S/c1-10-18(27-26-17-15(21)7-13(20)8-16(17)22)28-19(25-10)12(9-24)6-11-2-4-14(23)5-3-11/h2-8H,1H3/b12-6+,27-26?. The van der Waals surface area contributed by atoms with Crippen molar-refractivity contribution in [3.63, 3.8) is 0 Å². The number of aryl methyl sites for hydroxylation is 1. The summed E-state index contributed by atoms with van der Waals surface area (Å²) in [5, 5.41) is 19.3. The zero-order chi connectivity index (χ0) is 20.3. The third-order valence-electron chi connectivity index (χ3n) is 3.53. The minimum atomic E-state index is -0.325. The third kappa shape index (κ3) is 5.00. The molecule has 3 aromatic rings. The highest BCUT2D eigenvalue weighted by Crippen LogP contribution is 2.39. The van der Waals surface area contributed by atoms with Crippen molar-refractivity contribution in [2.45, 2.75) is 6.92 Å².